The van der Waals surface area contributed by atoms with Gasteiger partial charge in [-0.15, -0.1) is 0 Å². The van der Waals surface area contributed by atoms with Gasteiger partial charge in [-0.05, 0) is 25.1 Å². The molecule has 0 unspecified atom stereocenters. The van der Waals surface area contributed by atoms with Crippen LogP contribution in [-0.4, -0.2) is 42.4 Å². The Bertz CT molecular complexity index is 1200. The molecule has 0 bridgehead atoms. The van der Waals surface area contributed by atoms with Crippen LogP contribution in [-0.2, 0) is 11.2 Å². The fourth-order valence-corrected chi connectivity index (χ4v) is 3.55. The number of hydrogen-bond donors (Lipinski definition) is 0. The number of pyridine rings is 1. The number of allylic oxidation sites excluding steroid dienone is 2. The van der Waals surface area contributed by atoms with Gasteiger partial charge in [0, 0.05) is 24.7 Å². The average molecular weight is 512 g/mol. The van der Waals surface area contributed by atoms with Crippen LogP contribution < -0.4 is 9.64 Å². The lowest BCUT2D eigenvalue weighted by Gasteiger charge is -2.34. The summed E-state index contributed by atoms with van der Waals surface area (Å²) in [7, 11) is 0.930. The van der Waals surface area contributed by atoms with E-state index in [2.05, 4.69) is 18.1 Å². The van der Waals surface area contributed by atoms with Crippen LogP contribution in [0.2, 0.25) is 5.02 Å². The van der Waals surface area contributed by atoms with Gasteiger partial charge in [0.05, 0.1) is 17.3 Å². The molecule has 1 aromatic carbocycles. The summed E-state index contributed by atoms with van der Waals surface area (Å²) in [5.74, 6) is -0.608. The number of halogens is 5. The molecule has 6 nitrogen and oxygen atoms in total. The van der Waals surface area contributed by atoms with Gasteiger partial charge in [0.15, 0.2) is 11.6 Å². The van der Waals surface area contributed by atoms with Crippen LogP contribution >= 0.6 is 11.6 Å². The van der Waals surface area contributed by atoms with E-state index in [1.807, 2.05) is 6.92 Å². The molecule has 0 saturated heterocycles. The summed E-state index contributed by atoms with van der Waals surface area (Å²) >= 11 is 6.22. The predicted octanol–water partition coefficient (Wildman–Crippen LogP) is 6.23. The number of carbonyl (C=O) groups excluding carboxylic acids is 1. The van der Waals surface area contributed by atoms with E-state index < -0.39 is 35.2 Å². The van der Waals surface area contributed by atoms with Gasteiger partial charge in [0.1, 0.15) is 23.8 Å². The van der Waals surface area contributed by atoms with Gasteiger partial charge in [-0.3, -0.25) is 4.90 Å². The molecule has 0 aliphatic carbocycles. The lowest BCUT2D eigenvalue weighted by Crippen LogP contribution is -2.47. The van der Waals surface area contributed by atoms with Crippen molar-refractivity contribution in [3.8, 4) is 5.75 Å². The van der Waals surface area contributed by atoms with E-state index in [9.17, 15) is 22.4 Å². The number of urea groups is 1. The quantitative estimate of drug-likeness (QED) is 0.311. The first-order chi connectivity index (χ1) is 16.4. The molecular weight excluding hydrogens is 490 g/mol. The van der Waals surface area contributed by atoms with E-state index in [-0.39, 0.29) is 23.7 Å². The van der Waals surface area contributed by atoms with Crippen LogP contribution in [0.5, 0.6) is 5.75 Å². The Hall–Kier alpha value is -3.53. The molecule has 11 heteroatoms. The summed E-state index contributed by atoms with van der Waals surface area (Å²) in [5.41, 5.74) is -0.795. The van der Waals surface area contributed by atoms with Gasteiger partial charge in [-0.1, -0.05) is 43.0 Å². The largest absolute Gasteiger partial charge is 0.495 e. The van der Waals surface area contributed by atoms with Crippen molar-refractivity contribution in [1.29, 1.82) is 0 Å². The highest BCUT2D eigenvalue weighted by atomic mass is 35.5. The fourth-order valence-electron chi connectivity index (χ4n) is 3.34. The van der Waals surface area contributed by atoms with Crippen LogP contribution in [0.4, 0.5) is 28.2 Å². The highest BCUT2D eigenvalue weighted by Gasteiger charge is 2.44. The number of alkyl halides is 3. The molecule has 0 atom stereocenters. The third-order valence-corrected chi connectivity index (χ3v) is 5.31. The first-order valence-corrected chi connectivity index (χ1v) is 10.7. The minimum absolute atomic E-state index is 0.0327. The van der Waals surface area contributed by atoms with Gasteiger partial charge >= 0.3 is 12.2 Å². The zero-order valence-corrected chi connectivity index (χ0v) is 19.7. The molecule has 0 radical (unpaired) electrons. The van der Waals surface area contributed by atoms with Gasteiger partial charge in [-0.2, -0.15) is 13.2 Å². The maximum absolute atomic E-state index is 14.8. The molecule has 2 amide bonds. The molecule has 35 heavy (non-hydrogen) atoms. The van der Waals surface area contributed by atoms with Crippen LogP contribution in [0.1, 0.15) is 18.2 Å². The van der Waals surface area contributed by atoms with Crippen molar-refractivity contribution in [2.75, 3.05) is 25.2 Å². The Balaban J connectivity index is 1.95. The number of rotatable bonds is 8. The highest BCUT2D eigenvalue weighted by molar-refractivity contribution is 6.31. The molecule has 0 N–H and O–H groups in total. The topological polar surface area (TPSA) is 54.9 Å². The predicted molar refractivity (Wildman–Crippen MR) is 124 cm³/mol. The van der Waals surface area contributed by atoms with Crippen molar-refractivity contribution in [3.05, 3.63) is 88.8 Å². The molecule has 0 saturated carbocycles. The average Bonchev–Trinajstić information content (AvgIpc) is 2.78. The van der Waals surface area contributed by atoms with E-state index in [0.29, 0.717) is 39.6 Å². The smallest absolute Gasteiger partial charge is 0.431 e. The Labute approximate surface area is 204 Å². The number of nitrogens with zero attached hydrogens (tertiary/aromatic N) is 3. The Kier molecular flexibility index (Phi) is 7.74. The zero-order chi connectivity index (χ0) is 25.9. The molecule has 186 valence electrons. The minimum atomic E-state index is -4.80. The molecule has 1 aromatic heterocycles. The number of benzene rings is 1. The van der Waals surface area contributed by atoms with Crippen molar-refractivity contribution in [2.45, 2.75) is 19.5 Å². The third-order valence-electron chi connectivity index (χ3n) is 4.98. The van der Waals surface area contributed by atoms with Gasteiger partial charge in [0.2, 0.25) is 0 Å². The molecule has 3 rings (SSSR count). The molecule has 1 aliphatic rings. The SMILES string of the molecule is C=C(COc1ccccc1Cc1nc(N2C(=C)C=C(C(F)(F)F)N(C)C2=O)c(F)cc1Cl)OCC. The number of amides is 2. The Morgan fingerprint density at radius 3 is 2.60 bits per heavy atom. The molecule has 1 aliphatic heterocycles. The first-order valence-electron chi connectivity index (χ1n) is 10.4. The lowest BCUT2D eigenvalue weighted by atomic mass is 10.1. The molecular formula is C24H22ClF4N3O3. The Morgan fingerprint density at radius 1 is 1.26 bits per heavy atom. The second-order valence-electron chi connectivity index (χ2n) is 7.46. The highest BCUT2D eigenvalue weighted by Crippen LogP contribution is 2.36. The number of carbonyl (C=O) groups is 1. The molecule has 0 fully saturated rings. The third kappa shape index (κ3) is 5.76. The zero-order valence-electron chi connectivity index (χ0n) is 19.0. The van der Waals surface area contributed by atoms with Crippen molar-refractivity contribution < 1.29 is 31.8 Å². The van der Waals surface area contributed by atoms with E-state index in [0.717, 1.165) is 13.1 Å². The lowest BCUT2D eigenvalue weighted by molar-refractivity contribution is -0.106. The fraction of sp³-hybridized carbons (Fsp3) is 0.250. The summed E-state index contributed by atoms with van der Waals surface area (Å²) in [6, 6.07) is 6.75. The second kappa shape index (κ2) is 10.4. The minimum Gasteiger partial charge on any atom is -0.495 e. The van der Waals surface area contributed by atoms with Crippen LogP contribution in [0.3, 0.4) is 0 Å². The molecule has 2 aromatic rings. The second-order valence-corrected chi connectivity index (χ2v) is 7.87. The summed E-state index contributed by atoms with van der Waals surface area (Å²) in [5, 5.41) is -0.0327. The van der Waals surface area contributed by atoms with Crippen LogP contribution in [0, 0.1) is 5.82 Å². The summed E-state index contributed by atoms with van der Waals surface area (Å²) in [6.45, 7) is 9.60. The van der Waals surface area contributed by atoms with Crippen molar-refractivity contribution in [3.63, 3.8) is 0 Å². The van der Waals surface area contributed by atoms with Crippen molar-refractivity contribution >= 4 is 23.4 Å². The molecule has 2 heterocycles. The maximum Gasteiger partial charge on any atom is 0.431 e. The maximum atomic E-state index is 14.8. The van der Waals surface area contributed by atoms with Gasteiger partial charge in [-0.25, -0.2) is 19.1 Å². The number of anilines is 1. The number of aromatic nitrogens is 1. The molecule has 0 spiro atoms. The number of para-hydroxylation sites is 1. The monoisotopic (exact) mass is 511 g/mol. The van der Waals surface area contributed by atoms with Gasteiger partial charge < -0.3 is 9.47 Å². The van der Waals surface area contributed by atoms with Crippen molar-refractivity contribution in [1.82, 2.24) is 9.88 Å². The Morgan fingerprint density at radius 2 is 1.94 bits per heavy atom. The van der Waals surface area contributed by atoms with E-state index in [1.54, 1.807) is 24.3 Å². The summed E-state index contributed by atoms with van der Waals surface area (Å²) < 4.78 is 65.6. The number of hydrogen-bond acceptors (Lipinski definition) is 4. The normalized spacial score (nSPS) is 14.2. The first kappa shape index (κ1) is 26.1. The van der Waals surface area contributed by atoms with E-state index in [1.165, 1.54) is 0 Å². The van der Waals surface area contributed by atoms with Crippen molar-refractivity contribution in [2.24, 2.45) is 0 Å². The number of ether oxygens (including phenoxy) is 2. The van der Waals surface area contributed by atoms with Crippen LogP contribution in [0.15, 0.2) is 66.7 Å². The van der Waals surface area contributed by atoms with E-state index >= 15 is 0 Å². The van der Waals surface area contributed by atoms with Crippen LogP contribution in [0.25, 0.3) is 0 Å². The van der Waals surface area contributed by atoms with E-state index in [4.69, 9.17) is 21.1 Å². The summed E-state index contributed by atoms with van der Waals surface area (Å²) in [6.07, 6.45) is -4.07. The summed E-state index contributed by atoms with van der Waals surface area (Å²) in [4.78, 5) is 17.9. The van der Waals surface area contributed by atoms with Gasteiger partial charge in [0.25, 0.3) is 0 Å². The standard InChI is InChI=1S/C24H22ClF4N3O3/c1-5-34-15(3)13-35-20-9-7-6-8-16(20)11-19-17(25)12-18(26)22(30-19)32-14(2)10-21(24(27,28)29)31(4)23(32)33/h6-10,12H,2-3,5,11,13H2,1,4H3.